The van der Waals surface area contributed by atoms with E-state index in [0.717, 1.165) is 0 Å². The fourth-order valence-corrected chi connectivity index (χ4v) is 1.33. The summed E-state index contributed by atoms with van der Waals surface area (Å²) in [6.45, 7) is 1.33. The van der Waals surface area contributed by atoms with E-state index in [1.54, 1.807) is 24.3 Å². The third-order valence-corrected chi connectivity index (χ3v) is 2.20. The van der Waals surface area contributed by atoms with E-state index in [1.807, 2.05) is 6.07 Å². The van der Waals surface area contributed by atoms with E-state index < -0.39 is 17.9 Å². The molecule has 1 unspecified atom stereocenters. The Labute approximate surface area is 104 Å². The average Bonchev–Trinajstić information content (AvgIpc) is 2.34. The standard InChI is InChI=1S/C12H13N3O3/c1-8(16)15-11(12(17)18)7-14-10-4-2-9(6-13)3-5-10/h2-5,11,14H,7H2,1H3,(H,15,16)(H,17,18). The molecule has 6 heteroatoms. The molecule has 1 atom stereocenters. The zero-order valence-corrected chi connectivity index (χ0v) is 9.80. The highest BCUT2D eigenvalue weighted by atomic mass is 16.4. The van der Waals surface area contributed by atoms with Gasteiger partial charge in [-0.3, -0.25) is 4.79 Å². The van der Waals surface area contributed by atoms with Gasteiger partial charge in [0.15, 0.2) is 0 Å². The Morgan fingerprint density at radius 1 is 1.39 bits per heavy atom. The van der Waals surface area contributed by atoms with Gasteiger partial charge in [-0.15, -0.1) is 0 Å². The molecule has 0 radical (unpaired) electrons. The number of benzene rings is 1. The number of aliphatic carboxylic acids is 1. The van der Waals surface area contributed by atoms with Crippen molar-refractivity contribution >= 4 is 17.6 Å². The number of nitrogens with one attached hydrogen (secondary N) is 2. The Bertz CT molecular complexity index is 476. The van der Waals surface area contributed by atoms with Crippen molar-refractivity contribution in [2.75, 3.05) is 11.9 Å². The van der Waals surface area contributed by atoms with E-state index in [2.05, 4.69) is 10.6 Å². The van der Waals surface area contributed by atoms with Gasteiger partial charge in [0.05, 0.1) is 11.6 Å². The topological polar surface area (TPSA) is 102 Å². The maximum absolute atomic E-state index is 10.9. The molecule has 18 heavy (non-hydrogen) atoms. The quantitative estimate of drug-likeness (QED) is 0.705. The van der Waals surface area contributed by atoms with Crippen LogP contribution in [0.2, 0.25) is 0 Å². The minimum absolute atomic E-state index is 0.0703. The molecule has 0 spiro atoms. The van der Waals surface area contributed by atoms with Gasteiger partial charge in [-0.25, -0.2) is 4.79 Å². The van der Waals surface area contributed by atoms with Crippen molar-refractivity contribution in [2.45, 2.75) is 13.0 Å². The summed E-state index contributed by atoms with van der Waals surface area (Å²) in [6.07, 6.45) is 0. The number of anilines is 1. The van der Waals surface area contributed by atoms with Gasteiger partial charge < -0.3 is 15.7 Å². The summed E-state index contributed by atoms with van der Waals surface area (Å²) in [4.78, 5) is 21.7. The first-order valence-electron chi connectivity index (χ1n) is 5.27. The Kier molecular flexibility index (Phi) is 4.69. The number of rotatable bonds is 5. The Hall–Kier alpha value is -2.55. The van der Waals surface area contributed by atoms with Crippen LogP contribution in [0.3, 0.4) is 0 Å². The molecule has 1 amide bonds. The zero-order valence-electron chi connectivity index (χ0n) is 9.80. The van der Waals surface area contributed by atoms with E-state index in [9.17, 15) is 9.59 Å². The zero-order chi connectivity index (χ0) is 13.5. The lowest BCUT2D eigenvalue weighted by Crippen LogP contribution is -2.44. The number of nitriles is 1. The third-order valence-electron chi connectivity index (χ3n) is 2.20. The van der Waals surface area contributed by atoms with Gasteiger partial charge in [0.25, 0.3) is 0 Å². The van der Waals surface area contributed by atoms with Gasteiger partial charge in [-0.1, -0.05) is 0 Å². The number of carbonyl (C=O) groups excluding carboxylic acids is 1. The summed E-state index contributed by atoms with van der Waals surface area (Å²) >= 11 is 0. The first kappa shape index (κ1) is 13.5. The molecular formula is C12H13N3O3. The van der Waals surface area contributed by atoms with Gasteiger partial charge in [0.2, 0.25) is 5.91 Å². The van der Waals surface area contributed by atoms with Crippen LogP contribution < -0.4 is 10.6 Å². The van der Waals surface area contributed by atoms with Gasteiger partial charge in [-0.05, 0) is 24.3 Å². The molecule has 1 aromatic rings. The summed E-state index contributed by atoms with van der Waals surface area (Å²) in [7, 11) is 0. The molecule has 0 bridgehead atoms. The normalized spacial score (nSPS) is 11.1. The van der Waals surface area contributed by atoms with E-state index in [4.69, 9.17) is 10.4 Å². The fraction of sp³-hybridized carbons (Fsp3) is 0.250. The lowest BCUT2D eigenvalue weighted by atomic mass is 10.2. The van der Waals surface area contributed by atoms with Crippen LogP contribution in [-0.2, 0) is 9.59 Å². The van der Waals surface area contributed by atoms with Crippen LogP contribution in [0.25, 0.3) is 0 Å². The average molecular weight is 247 g/mol. The molecule has 0 saturated carbocycles. The highest BCUT2D eigenvalue weighted by Crippen LogP contribution is 2.08. The van der Waals surface area contributed by atoms with Crippen molar-refractivity contribution in [1.29, 1.82) is 5.26 Å². The number of carboxylic acids is 1. The molecule has 1 aromatic carbocycles. The minimum atomic E-state index is -1.11. The number of carboxylic acid groups (broad SMARTS) is 1. The summed E-state index contributed by atoms with van der Waals surface area (Å²) in [6, 6.07) is 7.58. The van der Waals surface area contributed by atoms with Crippen LogP contribution in [0, 0.1) is 11.3 Å². The van der Waals surface area contributed by atoms with Gasteiger partial charge in [0, 0.05) is 19.2 Å². The van der Waals surface area contributed by atoms with Crippen LogP contribution in [0.4, 0.5) is 5.69 Å². The van der Waals surface area contributed by atoms with Gasteiger partial charge in [0.1, 0.15) is 6.04 Å². The van der Waals surface area contributed by atoms with Gasteiger partial charge in [-0.2, -0.15) is 5.26 Å². The predicted molar refractivity (Wildman–Crippen MR) is 64.9 cm³/mol. The largest absolute Gasteiger partial charge is 0.480 e. The SMILES string of the molecule is CC(=O)NC(CNc1ccc(C#N)cc1)C(=O)O. The third kappa shape index (κ3) is 4.14. The molecule has 1 rings (SSSR count). The van der Waals surface area contributed by atoms with E-state index in [1.165, 1.54) is 6.92 Å². The van der Waals surface area contributed by atoms with Crippen LogP contribution in [0.1, 0.15) is 12.5 Å². The molecule has 6 nitrogen and oxygen atoms in total. The monoisotopic (exact) mass is 247 g/mol. The Morgan fingerprint density at radius 3 is 2.44 bits per heavy atom. The summed E-state index contributed by atoms with van der Waals surface area (Å²) < 4.78 is 0. The summed E-state index contributed by atoms with van der Waals surface area (Å²) in [5, 5.41) is 22.7. The molecule has 0 aliphatic carbocycles. The molecule has 0 aliphatic heterocycles. The predicted octanol–water partition coefficient (Wildman–Crippen LogP) is 0.559. The van der Waals surface area contributed by atoms with Crippen LogP contribution in [-0.4, -0.2) is 29.6 Å². The smallest absolute Gasteiger partial charge is 0.328 e. The number of hydrogen-bond acceptors (Lipinski definition) is 4. The van der Waals surface area contributed by atoms with E-state index in [0.29, 0.717) is 11.3 Å². The van der Waals surface area contributed by atoms with Crippen molar-refractivity contribution in [3.63, 3.8) is 0 Å². The van der Waals surface area contributed by atoms with Crippen molar-refractivity contribution in [3.8, 4) is 6.07 Å². The second-order valence-corrected chi connectivity index (χ2v) is 3.66. The highest BCUT2D eigenvalue weighted by Gasteiger charge is 2.17. The molecule has 3 N–H and O–H groups in total. The first-order valence-corrected chi connectivity index (χ1v) is 5.27. The fourth-order valence-electron chi connectivity index (χ4n) is 1.33. The van der Waals surface area contributed by atoms with Crippen LogP contribution in [0.5, 0.6) is 0 Å². The molecule has 0 aliphatic rings. The number of amides is 1. The minimum Gasteiger partial charge on any atom is -0.480 e. The Morgan fingerprint density at radius 2 is 2.00 bits per heavy atom. The van der Waals surface area contributed by atoms with Crippen molar-refractivity contribution in [1.82, 2.24) is 5.32 Å². The lowest BCUT2D eigenvalue weighted by Gasteiger charge is -2.14. The number of hydrogen-bond donors (Lipinski definition) is 3. The highest BCUT2D eigenvalue weighted by molar-refractivity contribution is 5.82. The Balaban J connectivity index is 2.58. The number of carbonyl (C=O) groups is 2. The van der Waals surface area contributed by atoms with Gasteiger partial charge >= 0.3 is 5.97 Å². The second kappa shape index (κ2) is 6.25. The number of nitrogens with zero attached hydrogens (tertiary/aromatic N) is 1. The van der Waals surface area contributed by atoms with Crippen molar-refractivity contribution < 1.29 is 14.7 Å². The van der Waals surface area contributed by atoms with E-state index in [-0.39, 0.29) is 6.54 Å². The van der Waals surface area contributed by atoms with Crippen LogP contribution in [0.15, 0.2) is 24.3 Å². The van der Waals surface area contributed by atoms with Crippen molar-refractivity contribution in [2.24, 2.45) is 0 Å². The second-order valence-electron chi connectivity index (χ2n) is 3.66. The van der Waals surface area contributed by atoms with Crippen LogP contribution >= 0.6 is 0 Å². The molecule has 0 fully saturated rings. The molecule has 0 saturated heterocycles. The molecule has 94 valence electrons. The summed E-state index contributed by atoms with van der Waals surface area (Å²) in [5.41, 5.74) is 1.21. The molecule has 0 aromatic heterocycles. The molecular weight excluding hydrogens is 234 g/mol. The maximum atomic E-state index is 10.9. The first-order chi connectivity index (χ1) is 8.52. The summed E-state index contributed by atoms with van der Waals surface area (Å²) in [5.74, 6) is -1.50. The molecule has 0 heterocycles. The lowest BCUT2D eigenvalue weighted by molar-refractivity contribution is -0.141. The maximum Gasteiger partial charge on any atom is 0.328 e. The van der Waals surface area contributed by atoms with E-state index >= 15 is 0 Å². The van der Waals surface area contributed by atoms with Crippen molar-refractivity contribution in [3.05, 3.63) is 29.8 Å².